The van der Waals surface area contributed by atoms with Gasteiger partial charge in [-0.3, -0.25) is 9.10 Å². The molecule has 7 nitrogen and oxygen atoms in total. The van der Waals surface area contributed by atoms with Crippen molar-refractivity contribution >= 4 is 21.7 Å². The fraction of sp³-hybridized carbons (Fsp3) is 0.316. The molecule has 0 saturated heterocycles. The Morgan fingerprint density at radius 3 is 2.19 bits per heavy atom. The summed E-state index contributed by atoms with van der Waals surface area (Å²) in [5.74, 6) is 0.236. The summed E-state index contributed by atoms with van der Waals surface area (Å²) in [6.07, 6.45) is 0. The van der Waals surface area contributed by atoms with E-state index in [1.165, 1.54) is 19.2 Å². The van der Waals surface area contributed by atoms with Crippen LogP contribution in [0.15, 0.2) is 53.4 Å². The largest absolute Gasteiger partial charge is 0.494 e. The van der Waals surface area contributed by atoms with E-state index in [0.29, 0.717) is 24.7 Å². The van der Waals surface area contributed by atoms with Crippen molar-refractivity contribution < 1.29 is 27.4 Å². The first kappa shape index (κ1) is 20.6. The summed E-state index contributed by atoms with van der Waals surface area (Å²) < 4.78 is 43.0. The van der Waals surface area contributed by atoms with Crippen LogP contribution in [0.2, 0.25) is 0 Å². The number of ether oxygens (including phenoxy) is 3. The van der Waals surface area contributed by atoms with Gasteiger partial charge in [-0.2, -0.15) is 0 Å². The number of nitrogens with zero attached hydrogens (tertiary/aromatic N) is 1. The second-order valence-corrected chi connectivity index (χ2v) is 7.26. The van der Waals surface area contributed by atoms with Crippen LogP contribution in [0.1, 0.15) is 13.8 Å². The number of carbonyl (C=O) groups is 1. The number of carbonyl (C=O) groups excluding carboxylic acids is 1. The number of para-hydroxylation sites is 2. The van der Waals surface area contributed by atoms with E-state index in [1.807, 2.05) is 6.92 Å². The Morgan fingerprint density at radius 2 is 1.59 bits per heavy atom. The molecule has 146 valence electrons. The number of benzene rings is 2. The molecule has 27 heavy (non-hydrogen) atoms. The van der Waals surface area contributed by atoms with Gasteiger partial charge < -0.3 is 14.2 Å². The van der Waals surface area contributed by atoms with Gasteiger partial charge in [0.1, 0.15) is 18.0 Å². The van der Waals surface area contributed by atoms with Gasteiger partial charge in [-0.1, -0.05) is 12.1 Å². The number of sulfonamides is 1. The minimum atomic E-state index is -4.03. The van der Waals surface area contributed by atoms with Crippen molar-refractivity contribution in [3.63, 3.8) is 0 Å². The Hall–Kier alpha value is -2.74. The zero-order valence-corrected chi connectivity index (χ0v) is 16.4. The molecule has 0 saturated carbocycles. The second-order valence-electron chi connectivity index (χ2n) is 5.39. The maximum Gasteiger partial charge on any atom is 0.326 e. The summed E-state index contributed by atoms with van der Waals surface area (Å²) in [6.45, 7) is 3.99. The maximum absolute atomic E-state index is 13.2. The fourth-order valence-electron chi connectivity index (χ4n) is 2.42. The van der Waals surface area contributed by atoms with Crippen LogP contribution in [0.25, 0.3) is 0 Å². The number of rotatable bonds is 9. The molecule has 2 aromatic carbocycles. The van der Waals surface area contributed by atoms with Crippen molar-refractivity contribution in [2.75, 3.05) is 31.2 Å². The van der Waals surface area contributed by atoms with E-state index < -0.39 is 22.5 Å². The molecule has 0 bridgehead atoms. The van der Waals surface area contributed by atoms with Gasteiger partial charge >= 0.3 is 5.97 Å². The standard InChI is InChI=1S/C19H23NO6S/c1-4-25-15-10-12-16(13-11-15)27(22,23)20(14-19(21)24-3)17-8-6-7-9-18(17)26-5-2/h6-13H,4-5,14H2,1-3H3. The molecule has 0 N–H and O–H groups in total. The fourth-order valence-corrected chi connectivity index (χ4v) is 3.84. The predicted octanol–water partition coefficient (Wildman–Crippen LogP) is 2.85. The van der Waals surface area contributed by atoms with Gasteiger partial charge in [0.25, 0.3) is 10.0 Å². The van der Waals surface area contributed by atoms with E-state index in [1.54, 1.807) is 43.3 Å². The van der Waals surface area contributed by atoms with Gasteiger partial charge in [0.15, 0.2) is 0 Å². The van der Waals surface area contributed by atoms with Crippen LogP contribution in [0.5, 0.6) is 11.5 Å². The minimum Gasteiger partial charge on any atom is -0.494 e. The molecule has 0 aromatic heterocycles. The van der Waals surface area contributed by atoms with Crippen LogP contribution in [-0.4, -0.2) is 41.3 Å². The SMILES string of the molecule is CCOc1ccc(S(=O)(=O)N(CC(=O)OC)c2ccccc2OCC)cc1. The smallest absolute Gasteiger partial charge is 0.326 e. The van der Waals surface area contributed by atoms with Gasteiger partial charge in [-0.25, -0.2) is 8.42 Å². The highest BCUT2D eigenvalue weighted by Crippen LogP contribution is 2.32. The van der Waals surface area contributed by atoms with Crippen molar-refractivity contribution in [1.29, 1.82) is 0 Å². The Labute approximate surface area is 159 Å². The minimum absolute atomic E-state index is 0.0288. The van der Waals surface area contributed by atoms with Crippen LogP contribution in [0.3, 0.4) is 0 Å². The molecule has 0 heterocycles. The van der Waals surface area contributed by atoms with Crippen molar-refractivity contribution in [2.24, 2.45) is 0 Å². The molecule has 0 unspecified atom stereocenters. The lowest BCUT2D eigenvalue weighted by molar-refractivity contribution is -0.138. The zero-order chi connectivity index (χ0) is 19.9. The summed E-state index contributed by atoms with van der Waals surface area (Å²) in [6, 6.07) is 12.7. The molecule has 0 atom stereocenters. The Morgan fingerprint density at radius 1 is 0.963 bits per heavy atom. The molecule has 0 amide bonds. The van der Waals surface area contributed by atoms with Crippen LogP contribution in [0.4, 0.5) is 5.69 Å². The number of esters is 1. The molecule has 0 aliphatic carbocycles. The normalized spacial score (nSPS) is 10.9. The molecule has 0 radical (unpaired) electrons. The lowest BCUT2D eigenvalue weighted by atomic mass is 10.3. The highest BCUT2D eigenvalue weighted by Gasteiger charge is 2.29. The number of anilines is 1. The quantitative estimate of drug-likeness (QED) is 0.610. The van der Waals surface area contributed by atoms with Crippen LogP contribution in [-0.2, 0) is 19.6 Å². The predicted molar refractivity (Wildman–Crippen MR) is 102 cm³/mol. The number of hydrogen-bond acceptors (Lipinski definition) is 6. The van der Waals surface area contributed by atoms with E-state index in [0.717, 1.165) is 4.31 Å². The van der Waals surface area contributed by atoms with Gasteiger partial charge in [-0.05, 0) is 50.2 Å². The van der Waals surface area contributed by atoms with Crippen molar-refractivity contribution in [1.82, 2.24) is 0 Å². The third kappa shape index (κ3) is 4.91. The van der Waals surface area contributed by atoms with E-state index >= 15 is 0 Å². The number of methoxy groups -OCH3 is 1. The first-order chi connectivity index (χ1) is 12.9. The monoisotopic (exact) mass is 393 g/mol. The van der Waals surface area contributed by atoms with Crippen LogP contribution >= 0.6 is 0 Å². The Bertz CT molecular complexity index is 864. The molecule has 2 aromatic rings. The molecule has 8 heteroatoms. The molecular weight excluding hydrogens is 370 g/mol. The summed E-state index contributed by atoms with van der Waals surface area (Å²) in [5.41, 5.74) is 0.263. The summed E-state index contributed by atoms with van der Waals surface area (Å²) in [4.78, 5) is 11.9. The molecule has 0 aliphatic heterocycles. The van der Waals surface area contributed by atoms with E-state index in [9.17, 15) is 13.2 Å². The van der Waals surface area contributed by atoms with Crippen molar-refractivity contribution in [3.05, 3.63) is 48.5 Å². The molecule has 0 spiro atoms. The van der Waals surface area contributed by atoms with Gasteiger partial charge in [0.2, 0.25) is 0 Å². The Kier molecular flexibility index (Phi) is 7.06. The zero-order valence-electron chi connectivity index (χ0n) is 15.5. The average molecular weight is 393 g/mol. The average Bonchev–Trinajstić information content (AvgIpc) is 2.67. The maximum atomic E-state index is 13.2. The molecule has 0 aliphatic rings. The Balaban J connectivity index is 2.51. The lowest BCUT2D eigenvalue weighted by Gasteiger charge is -2.25. The lowest BCUT2D eigenvalue weighted by Crippen LogP contribution is -2.36. The summed E-state index contributed by atoms with van der Waals surface area (Å²) in [5, 5.41) is 0. The van der Waals surface area contributed by atoms with Gasteiger partial charge in [-0.15, -0.1) is 0 Å². The first-order valence-electron chi connectivity index (χ1n) is 8.48. The summed E-state index contributed by atoms with van der Waals surface area (Å²) >= 11 is 0. The van der Waals surface area contributed by atoms with Crippen molar-refractivity contribution in [2.45, 2.75) is 18.7 Å². The summed E-state index contributed by atoms with van der Waals surface area (Å²) in [7, 11) is -2.83. The van der Waals surface area contributed by atoms with E-state index in [2.05, 4.69) is 4.74 Å². The third-order valence-corrected chi connectivity index (χ3v) is 5.43. The van der Waals surface area contributed by atoms with Crippen molar-refractivity contribution in [3.8, 4) is 11.5 Å². The number of hydrogen-bond donors (Lipinski definition) is 0. The second kappa shape index (κ2) is 9.27. The molecule has 0 fully saturated rings. The highest BCUT2D eigenvalue weighted by atomic mass is 32.2. The van der Waals surface area contributed by atoms with Gasteiger partial charge in [0.05, 0.1) is 30.9 Å². The van der Waals surface area contributed by atoms with Crippen LogP contribution < -0.4 is 13.8 Å². The first-order valence-corrected chi connectivity index (χ1v) is 9.92. The third-order valence-electron chi connectivity index (χ3n) is 3.66. The highest BCUT2D eigenvalue weighted by molar-refractivity contribution is 7.92. The van der Waals surface area contributed by atoms with Gasteiger partial charge in [0, 0.05) is 0 Å². The molecular formula is C19H23NO6S. The topological polar surface area (TPSA) is 82.1 Å². The van der Waals surface area contributed by atoms with Crippen LogP contribution in [0, 0.1) is 0 Å². The van der Waals surface area contributed by atoms with E-state index in [-0.39, 0.29) is 10.6 Å². The van der Waals surface area contributed by atoms with E-state index in [4.69, 9.17) is 9.47 Å². The molecule has 2 rings (SSSR count).